The summed E-state index contributed by atoms with van der Waals surface area (Å²) in [7, 11) is 1.99. The van der Waals surface area contributed by atoms with Crippen LogP contribution in [0.5, 0.6) is 0 Å². The lowest BCUT2D eigenvalue weighted by atomic mass is 10.1. The average molecular weight is 304 g/mol. The van der Waals surface area contributed by atoms with E-state index in [0.29, 0.717) is 11.8 Å². The minimum absolute atomic E-state index is 0.0275. The number of hydrogen-bond acceptors (Lipinski definition) is 4. The average Bonchev–Trinajstić information content (AvgIpc) is 3.05. The molecule has 5 heteroatoms. The van der Waals surface area contributed by atoms with Gasteiger partial charge in [0.2, 0.25) is 5.91 Å². The van der Waals surface area contributed by atoms with Crippen LogP contribution in [0, 0.1) is 0 Å². The first-order valence-electron chi connectivity index (χ1n) is 7.28. The van der Waals surface area contributed by atoms with Crippen LogP contribution < -0.4 is 5.32 Å². The molecule has 0 spiro atoms. The van der Waals surface area contributed by atoms with Crippen LogP contribution in [0.2, 0.25) is 0 Å². The molecule has 1 aromatic rings. The topological polar surface area (TPSA) is 41.6 Å². The molecule has 0 radical (unpaired) electrons. The summed E-state index contributed by atoms with van der Waals surface area (Å²) >= 11 is 1.75. The minimum Gasteiger partial charge on any atom is -0.357 e. The van der Waals surface area contributed by atoms with E-state index in [1.165, 1.54) is 5.56 Å². The van der Waals surface area contributed by atoms with Gasteiger partial charge in [0.15, 0.2) is 0 Å². The van der Waals surface area contributed by atoms with Crippen molar-refractivity contribution in [3.05, 3.63) is 47.0 Å². The van der Waals surface area contributed by atoms with Crippen LogP contribution in [0.15, 0.2) is 41.4 Å². The van der Waals surface area contributed by atoms with E-state index in [1.807, 2.05) is 25.2 Å². The van der Waals surface area contributed by atoms with Crippen LogP contribution in [0.4, 0.5) is 0 Å². The van der Waals surface area contributed by atoms with Crippen LogP contribution in [0.3, 0.4) is 0 Å². The summed E-state index contributed by atoms with van der Waals surface area (Å²) in [6.45, 7) is 1.48. The lowest BCUT2D eigenvalue weighted by Gasteiger charge is -2.19. The lowest BCUT2D eigenvalue weighted by Crippen LogP contribution is -2.30. The van der Waals surface area contributed by atoms with Crippen molar-refractivity contribution in [1.82, 2.24) is 10.2 Å². The Hall–Kier alpha value is -1.46. The van der Waals surface area contributed by atoms with E-state index >= 15 is 0 Å². The smallest absolute Gasteiger partial charge is 0.246 e. The van der Waals surface area contributed by atoms with Gasteiger partial charge in [0.25, 0.3) is 0 Å². The summed E-state index contributed by atoms with van der Waals surface area (Å²) in [5.74, 6) is -0.0275. The van der Waals surface area contributed by atoms with E-state index < -0.39 is 0 Å². The minimum atomic E-state index is -0.0275. The molecule has 0 aliphatic carbocycles. The predicted molar refractivity (Wildman–Crippen MR) is 84.7 cm³/mol. The Kier molecular flexibility index (Phi) is 4.51. The number of nitrogens with zero attached hydrogens (tertiary/aromatic N) is 1. The Labute approximate surface area is 129 Å². The van der Waals surface area contributed by atoms with Crippen LogP contribution >= 0.6 is 11.8 Å². The molecule has 3 rings (SSSR count). The molecule has 0 bridgehead atoms. The highest BCUT2D eigenvalue weighted by atomic mass is 32.2. The number of rotatable bonds is 4. The van der Waals surface area contributed by atoms with Crippen molar-refractivity contribution in [2.45, 2.75) is 24.3 Å². The molecular weight excluding hydrogens is 284 g/mol. The molecule has 0 saturated carbocycles. The van der Waals surface area contributed by atoms with Crippen molar-refractivity contribution < 1.29 is 9.53 Å². The monoisotopic (exact) mass is 304 g/mol. The van der Waals surface area contributed by atoms with Gasteiger partial charge >= 0.3 is 0 Å². The van der Waals surface area contributed by atoms with E-state index in [-0.39, 0.29) is 12.1 Å². The Morgan fingerprint density at radius 2 is 2.29 bits per heavy atom. The van der Waals surface area contributed by atoms with Crippen LogP contribution in [-0.2, 0) is 16.0 Å². The Balaban J connectivity index is 1.49. The highest BCUT2D eigenvalue weighted by molar-refractivity contribution is 8.03. The fraction of sp³-hybridized carbons (Fsp3) is 0.438. The number of nitrogens with one attached hydrogen (secondary N) is 1. The van der Waals surface area contributed by atoms with Crippen molar-refractivity contribution in [3.8, 4) is 0 Å². The van der Waals surface area contributed by atoms with Gasteiger partial charge in [-0.15, -0.1) is 11.8 Å². The number of benzene rings is 1. The number of carbonyl (C=O) groups is 1. The maximum atomic E-state index is 12.0. The summed E-state index contributed by atoms with van der Waals surface area (Å²) in [5, 5.41) is 4.42. The summed E-state index contributed by atoms with van der Waals surface area (Å²) in [6.07, 6.45) is 3.75. The van der Waals surface area contributed by atoms with Crippen molar-refractivity contribution in [2.75, 3.05) is 20.2 Å². The van der Waals surface area contributed by atoms with E-state index in [0.717, 1.165) is 24.5 Å². The summed E-state index contributed by atoms with van der Waals surface area (Å²) < 4.78 is 5.67. The highest BCUT2D eigenvalue weighted by Gasteiger charge is 2.40. The number of carbonyl (C=O) groups excluding carboxylic acids is 1. The molecule has 4 nitrogen and oxygen atoms in total. The molecule has 1 amide bonds. The van der Waals surface area contributed by atoms with Crippen molar-refractivity contribution >= 4 is 17.7 Å². The zero-order valence-corrected chi connectivity index (χ0v) is 12.9. The second kappa shape index (κ2) is 6.54. The number of amides is 1. The molecule has 112 valence electrons. The maximum Gasteiger partial charge on any atom is 0.246 e. The zero-order chi connectivity index (χ0) is 14.7. The van der Waals surface area contributed by atoms with E-state index in [1.54, 1.807) is 17.8 Å². The van der Waals surface area contributed by atoms with Gasteiger partial charge in [-0.1, -0.05) is 30.3 Å². The third-order valence-corrected chi connectivity index (χ3v) is 5.24. The zero-order valence-electron chi connectivity index (χ0n) is 12.1. The molecule has 2 aliphatic rings. The molecule has 2 heterocycles. The van der Waals surface area contributed by atoms with Gasteiger partial charge in [0, 0.05) is 19.7 Å². The Morgan fingerprint density at radius 1 is 1.48 bits per heavy atom. The first-order chi connectivity index (χ1) is 10.2. The summed E-state index contributed by atoms with van der Waals surface area (Å²) in [5.41, 5.74) is 1.24. The predicted octanol–water partition coefficient (Wildman–Crippen LogP) is 1.98. The summed E-state index contributed by atoms with van der Waals surface area (Å²) in [4.78, 5) is 14.1. The fourth-order valence-electron chi connectivity index (χ4n) is 2.67. The standard InChI is InChI=1S/C16H20N2O2S/c1-18-15(21-13-8-10-20-16(13)18)11-14(19)17-9-7-12-5-3-2-4-6-12/h2-6,11,13,16H,7-10H2,1H3,(H,17,19)/b15-11-/t13-,16+/m0/s1. The largest absolute Gasteiger partial charge is 0.357 e. The fourth-order valence-corrected chi connectivity index (χ4v) is 4.02. The Morgan fingerprint density at radius 3 is 3.05 bits per heavy atom. The van der Waals surface area contributed by atoms with Crippen molar-refractivity contribution in [3.63, 3.8) is 0 Å². The number of thioether (sulfide) groups is 1. The van der Waals surface area contributed by atoms with Gasteiger partial charge in [0.1, 0.15) is 6.23 Å². The highest BCUT2D eigenvalue weighted by Crippen LogP contribution is 2.42. The van der Waals surface area contributed by atoms with Crippen LogP contribution in [0.25, 0.3) is 0 Å². The van der Waals surface area contributed by atoms with E-state index in [9.17, 15) is 4.79 Å². The van der Waals surface area contributed by atoms with Crippen molar-refractivity contribution in [2.24, 2.45) is 0 Å². The molecule has 21 heavy (non-hydrogen) atoms. The second-order valence-corrected chi connectivity index (χ2v) is 6.59. The molecule has 2 atom stereocenters. The summed E-state index contributed by atoms with van der Waals surface area (Å²) in [6, 6.07) is 10.2. The van der Waals surface area contributed by atoms with Crippen molar-refractivity contribution in [1.29, 1.82) is 0 Å². The second-order valence-electron chi connectivity index (χ2n) is 5.33. The van der Waals surface area contributed by atoms with E-state index in [2.05, 4.69) is 22.3 Å². The molecule has 1 aromatic carbocycles. The SMILES string of the molecule is CN1/C(=C/C(=O)NCCc2ccccc2)S[C@H]2CCO[C@H]21. The molecule has 2 fully saturated rings. The van der Waals surface area contributed by atoms with Crippen LogP contribution in [0.1, 0.15) is 12.0 Å². The third-order valence-electron chi connectivity index (χ3n) is 3.82. The van der Waals surface area contributed by atoms with Gasteiger partial charge in [-0.05, 0) is 18.4 Å². The first-order valence-corrected chi connectivity index (χ1v) is 8.16. The molecular formula is C16H20N2O2S. The van der Waals surface area contributed by atoms with E-state index in [4.69, 9.17) is 4.74 Å². The molecule has 0 aromatic heterocycles. The van der Waals surface area contributed by atoms with Gasteiger partial charge < -0.3 is 15.0 Å². The molecule has 2 saturated heterocycles. The third kappa shape index (κ3) is 3.41. The normalized spacial score (nSPS) is 26.1. The lowest BCUT2D eigenvalue weighted by molar-refractivity contribution is -0.116. The maximum absolute atomic E-state index is 12.0. The van der Waals surface area contributed by atoms with Gasteiger partial charge in [-0.3, -0.25) is 4.79 Å². The number of hydrogen-bond donors (Lipinski definition) is 1. The number of ether oxygens (including phenoxy) is 1. The van der Waals surface area contributed by atoms with Gasteiger partial charge in [-0.25, -0.2) is 0 Å². The van der Waals surface area contributed by atoms with Gasteiger partial charge in [-0.2, -0.15) is 0 Å². The Bertz CT molecular complexity index is 532. The first kappa shape index (κ1) is 14.5. The van der Waals surface area contributed by atoms with Gasteiger partial charge in [0.05, 0.1) is 16.9 Å². The van der Waals surface area contributed by atoms with Crippen LogP contribution in [-0.4, -0.2) is 42.5 Å². The molecule has 1 N–H and O–H groups in total. The molecule has 2 aliphatic heterocycles. The number of fused-ring (bicyclic) bond motifs is 1. The quantitative estimate of drug-likeness (QED) is 0.864. The molecule has 0 unspecified atom stereocenters.